The van der Waals surface area contributed by atoms with Crippen molar-refractivity contribution in [3.63, 3.8) is 0 Å². The number of nitrogens with zero attached hydrogens (tertiary/aromatic N) is 2. The van der Waals surface area contributed by atoms with Gasteiger partial charge < -0.3 is 14.9 Å². The van der Waals surface area contributed by atoms with Gasteiger partial charge >= 0.3 is 5.97 Å². The molecule has 0 aromatic carbocycles. The zero-order valence-electron chi connectivity index (χ0n) is 11.8. The first-order chi connectivity index (χ1) is 9.37. The van der Waals surface area contributed by atoms with Crippen LogP contribution in [0.5, 0.6) is 0 Å². The molecule has 0 spiro atoms. The number of hydrogen-bond donors (Lipinski definition) is 1. The Balaban J connectivity index is 1.76. The van der Waals surface area contributed by atoms with E-state index in [0.717, 1.165) is 6.42 Å². The fraction of sp³-hybridized carbons (Fsp3) is 0.857. The molecule has 0 unspecified atom stereocenters. The van der Waals surface area contributed by atoms with Crippen LogP contribution in [0.4, 0.5) is 4.39 Å². The van der Waals surface area contributed by atoms with Gasteiger partial charge in [0.2, 0.25) is 0 Å². The van der Waals surface area contributed by atoms with Crippen molar-refractivity contribution in [1.29, 1.82) is 0 Å². The van der Waals surface area contributed by atoms with Crippen LogP contribution >= 0.6 is 0 Å². The number of fused-ring (bicyclic) bond motifs is 1. The number of hydrogen-bond acceptors (Lipinski definition) is 3. The normalized spacial score (nSPS) is 36.6. The summed E-state index contributed by atoms with van der Waals surface area (Å²) in [6, 6.07) is 0. The zero-order valence-corrected chi connectivity index (χ0v) is 11.8. The van der Waals surface area contributed by atoms with E-state index in [1.54, 1.807) is 0 Å². The summed E-state index contributed by atoms with van der Waals surface area (Å²) < 4.78 is 14.9. The highest BCUT2D eigenvalue weighted by Gasteiger charge is 2.58. The Kier molecular flexibility index (Phi) is 3.04. The van der Waals surface area contributed by atoms with Gasteiger partial charge in [-0.15, -0.1) is 0 Å². The van der Waals surface area contributed by atoms with Gasteiger partial charge in [-0.25, -0.2) is 4.39 Å². The second-order valence-corrected chi connectivity index (χ2v) is 6.70. The lowest BCUT2D eigenvalue weighted by atomic mass is 9.68. The molecule has 0 aromatic heterocycles. The lowest BCUT2D eigenvalue weighted by Crippen LogP contribution is -2.51. The number of alkyl halides is 1. The number of aliphatic carboxylic acids is 1. The average molecular weight is 284 g/mol. The molecule has 6 heteroatoms. The van der Waals surface area contributed by atoms with E-state index in [0.29, 0.717) is 32.5 Å². The van der Waals surface area contributed by atoms with Gasteiger partial charge in [0.15, 0.2) is 5.67 Å². The number of likely N-dealkylation sites (tertiary alicyclic amines) is 2. The fourth-order valence-corrected chi connectivity index (χ4v) is 3.81. The first-order valence-corrected chi connectivity index (χ1v) is 7.28. The molecular weight excluding hydrogens is 263 g/mol. The highest BCUT2D eigenvalue weighted by Crippen LogP contribution is 2.45. The van der Waals surface area contributed by atoms with Gasteiger partial charge in [-0.05, 0) is 19.9 Å². The molecule has 3 aliphatic rings. The first kappa shape index (κ1) is 13.8. The van der Waals surface area contributed by atoms with Crippen LogP contribution in [0.15, 0.2) is 0 Å². The molecule has 5 nitrogen and oxygen atoms in total. The van der Waals surface area contributed by atoms with Crippen LogP contribution in [0, 0.1) is 11.3 Å². The Labute approximate surface area is 117 Å². The van der Waals surface area contributed by atoms with Crippen molar-refractivity contribution >= 4 is 11.9 Å². The molecule has 2 atom stereocenters. The first-order valence-electron chi connectivity index (χ1n) is 7.28. The van der Waals surface area contributed by atoms with E-state index in [1.165, 1.54) is 4.90 Å². The quantitative estimate of drug-likeness (QED) is 0.830. The molecule has 2 aliphatic heterocycles. The van der Waals surface area contributed by atoms with Crippen molar-refractivity contribution in [2.45, 2.75) is 31.4 Å². The maximum Gasteiger partial charge on any atom is 0.311 e. The van der Waals surface area contributed by atoms with Crippen molar-refractivity contribution < 1.29 is 19.1 Å². The lowest BCUT2D eigenvalue weighted by Gasteiger charge is -2.40. The van der Waals surface area contributed by atoms with Crippen molar-refractivity contribution in [2.24, 2.45) is 11.3 Å². The van der Waals surface area contributed by atoms with Crippen LogP contribution in [-0.4, -0.2) is 65.7 Å². The molecule has 1 N–H and O–H groups in total. The van der Waals surface area contributed by atoms with E-state index in [9.17, 15) is 19.1 Å². The molecule has 2 heterocycles. The molecule has 112 valence electrons. The molecule has 3 fully saturated rings. The molecule has 1 aliphatic carbocycles. The van der Waals surface area contributed by atoms with Crippen LogP contribution in [0.1, 0.15) is 25.7 Å². The molecule has 1 saturated carbocycles. The summed E-state index contributed by atoms with van der Waals surface area (Å²) in [5, 5.41) is 9.36. The third-order valence-electron chi connectivity index (χ3n) is 5.38. The van der Waals surface area contributed by atoms with Gasteiger partial charge in [0.25, 0.3) is 5.91 Å². The van der Waals surface area contributed by atoms with E-state index >= 15 is 0 Å². The van der Waals surface area contributed by atoms with Crippen molar-refractivity contribution in [3.8, 4) is 0 Å². The van der Waals surface area contributed by atoms with E-state index in [4.69, 9.17) is 0 Å². The van der Waals surface area contributed by atoms with Crippen LogP contribution < -0.4 is 0 Å². The summed E-state index contributed by atoms with van der Waals surface area (Å²) in [7, 11) is 1.93. The Morgan fingerprint density at radius 1 is 1.40 bits per heavy atom. The molecule has 20 heavy (non-hydrogen) atoms. The predicted molar refractivity (Wildman–Crippen MR) is 69.9 cm³/mol. The number of rotatable bonds is 3. The largest absolute Gasteiger partial charge is 0.481 e. The molecular formula is C14H21FN2O3. The highest BCUT2D eigenvalue weighted by molar-refractivity contribution is 5.89. The Morgan fingerprint density at radius 2 is 2.10 bits per heavy atom. The number of halogens is 1. The Bertz CT molecular complexity index is 452. The maximum absolute atomic E-state index is 14.9. The summed E-state index contributed by atoms with van der Waals surface area (Å²) in [6.45, 7) is 1.68. The Hall–Kier alpha value is -1.17. The molecule has 2 saturated heterocycles. The Morgan fingerprint density at radius 3 is 2.65 bits per heavy atom. The van der Waals surface area contributed by atoms with Gasteiger partial charge in [-0.1, -0.05) is 6.42 Å². The minimum atomic E-state index is -1.77. The highest BCUT2D eigenvalue weighted by atomic mass is 19.1. The maximum atomic E-state index is 14.9. The molecule has 0 radical (unpaired) electrons. The number of carboxylic acid groups (broad SMARTS) is 1. The smallest absolute Gasteiger partial charge is 0.311 e. The molecule has 0 aromatic rings. The number of carbonyl (C=O) groups excluding carboxylic acids is 1. The molecule has 0 bridgehead atoms. The predicted octanol–water partition coefficient (Wildman–Crippen LogP) is 0.743. The molecule has 3 rings (SSSR count). The van der Waals surface area contributed by atoms with E-state index in [1.807, 2.05) is 11.9 Å². The summed E-state index contributed by atoms with van der Waals surface area (Å²) in [6.07, 6.45) is 2.29. The SMILES string of the molecule is CN1CC[C@]2(F)C(=O)N(CC3(C(=O)O)CCC3)C[C@@H]2C1. The van der Waals surface area contributed by atoms with Crippen molar-refractivity contribution in [3.05, 3.63) is 0 Å². The lowest BCUT2D eigenvalue weighted by molar-refractivity contribution is -0.158. The van der Waals surface area contributed by atoms with Crippen LogP contribution in [0.3, 0.4) is 0 Å². The molecule has 1 amide bonds. The van der Waals surface area contributed by atoms with E-state index < -0.39 is 23.0 Å². The third-order valence-corrected chi connectivity index (χ3v) is 5.38. The second-order valence-electron chi connectivity index (χ2n) is 6.70. The van der Waals surface area contributed by atoms with Crippen LogP contribution in [-0.2, 0) is 9.59 Å². The van der Waals surface area contributed by atoms with Crippen molar-refractivity contribution in [1.82, 2.24) is 9.80 Å². The van der Waals surface area contributed by atoms with Crippen LogP contribution in [0.2, 0.25) is 0 Å². The summed E-state index contributed by atoms with van der Waals surface area (Å²) in [5.74, 6) is -1.65. The standard InChI is InChI=1S/C14H21FN2O3/c1-16-6-5-14(15)10(7-16)8-17(11(14)18)9-13(12(19)20)3-2-4-13/h10H,2-9H2,1H3,(H,19,20)/t10-,14+/m0/s1. The number of amides is 1. The van der Waals surface area contributed by atoms with E-state index in [-0.39, 0.29) is 18.9 Å². The van der Waals surface area contributed by atoms with Crippen LogP contribution in [0.25, 0.3) is 0 Å². The van der Waals surface area contributed by atoms with Gasteiger partial charge in [0.05, 0.1) is 5.41 Å². The van der Waals surface area contributed by atoms with Gasteiger partial charge in [0.1, 0.15) is 0 Å². The number of piperidine rings is 1. The summed E-state index contributed by atoms with van der Waals surface area (Å²) in [5.41, 5.74) is -2.60. The van der Waals surface area contributed by atoms with Crippen molar-refractivity contribution in [2.75, 3.05) is 33.2 Å². The minimum Gasteiger partial charge on any atom is -0.481 e. The minimum absolute atomic E-state index is 0.174. The number of carboxylic acids is 1. The zero-order chi connectivity index (χ0) is 14.5. The van der Waals surface area contributed by atoms with Gasteiger partial charge in [0, 0.05) is 38.5 Å². The van der Waals surface area contributed by atoms with Gasteiger partial charge in [-0.3, -0.25) is 9.59 Å². The fourth-order valence-electron chi connectivity index (χ4n) is 3.81. The summed E-state index contributed by atoms with van der Waals surface area (Å²) in [4.78, 5) is 27.3. The third kappa shape index (κ3) is 1.84. The van der Waals surface area contributed by atoms with E-state index in [2.05, 4.69) is 0 Å². The topological polar surface area (TPSA) is 60.9 Å². The monoisotopic (exact) mass is 284 g/mol. The second kappa shape index (κ2) is 4.41. The average Bonchev–Trinajstić information content (AvgIpc) is 2.57. The number of carbonyl (C=O) groups is 2. The van der Waals surface area contributed by atoms with Gasteiger partial charge in [-0.2, -0.15) is 0 Å². The summed E-state index contributed by atoms with van der Waals surface area (Å²) >= 11 is 0.